The maximum atomic E-state index is 12.3. The summed E-state index contributed by atoms with van der Waals surface area (Å²) in [5, 5.41) is 7.23. The molecule has 1 N–H and O–H groups in total. The number of rotatable bonds is 6. The molecule has 1 aromatic heterocycles. The van der Waals surface area contributed by atoms with Gasteiger partial charge in [0.2, 0.25) is 0 Å². The minimum absolute atomic E-state index is 0.154. The first-order valence-corrected chi connectivity index (χ1v) is 12.1. The van der Waals surface area contributed by atoms with Gasteiger partial charge in [0.05, 0.1) is 10.5 Å². The Balaban J connectivity index is 1.63. The van der Waals surface area contributed by atoms with Crippen molar-refractivity contribution in [3.05, 3.63) is 35.7 Å². The van der Waals surface area contributed by atoms with Gasteiger partial charge in [-0.15, -0.1) is 0 Å². The Morgan fingerprint density at radius 1 is 1.27 bits per heavy atom. The number of sulfone groups is 1. The Hall–Kier alpha value is -2.42. The molecular formula is C21H31N5O3S. The quantitative estimate of drug-likeness (QED) is 0.551. The van der Waals surface area contributed by atoms with E-state index in [1.165, 1.54) is 0 Å². The van der Waals surface area contributed by atoms with E-state index >= 15 is 0 Å². The van der Waals surface area contributed by atoms with E-state index in [1.807, 2.05) is 38.1 Å². The van der Waals surface area contributed by atoms with Gasteiger partial charge in [-0.25, -0.2) is 8.42 Å². The largest absolute Gasteiger partial charge is 0.357 e. The van der Waals surface area contributed by atoms with Crippen molar-refractivity contribution in [2.24, 2.45) is 4.99 Å². The van der Waals surface area contributed by atoms with Gasteiger partial charge in [-0.3, -0.25) is 4.99 Å². The van der Waals surface area contributed by atoms with Crippen LogP contribution < -0.4 is 5.32 Å². The highest BCUT2D eigenvalue weighted by molar-refractivity contribution is 7.92. The molecule has 0 amide bonds. The van der Waals surface area contributed by atoms with Crippen molar-refractivity contribution in [1.82, 2.24) is 20.4 Å². The number of benzene rings is 1. The SMILES string of the molecule is CCNC(=NCCc1ccc(-c2nc(CC)no2)cc1)N1CCS(=O)(=O)C(C)(C)C1. The van der Waals surface area contributed by atoms with Gasteiger partial charge < -0.3 is 14.7 Å². The van der Waals surface area contributed by atoms with E-state index in [0.29, 0.717) is 31.3 Å². The smallest absolute Gasteiger partial charge is 0.257 e. The number of aromatic nitrogens is 2. The molecule has 0 bridgehead atoms. The molecule has 1 fully saturated rings. The fourth-order valence-electron chi connectivity index (χ4n) is 3.37. The molecule has 8 nitrogen and oxygen atoms in total. The summed E-state index contributed by atoms with van der Waals surface area (Å²) in [5.41, 5.74) is 2.06. The average molecular weight is 434 g/mol. The van der Waals surface area contributed by atoms with E-state index in [-0.39, 0.29) is 5.75 Å². The molecule has 3 rings (SSSR count). The Kier molecular flexibility index (Phi) is 6.80. The summed E-state index contributed by atoms with van der Waals surface area (Å²) in [6, 6.07) is 8.05. The summed E-state index contributed by atoms with van der Waals surface area (Å²) in [7, 11) is -3.07. The Labute approximate surface area is 178 Å². The van der Waals surface area contributed by atoms with Crippen LogP contribution in [-0.2, 0) is 22.7 Å². The molecule has 1 aromatic carbocycles. The van der Waals surface area contributed by atoms with E-state index in [0.717, 1.165) is 36.5 Å². The predicted molar refractivity (Wildman–Crippen MR) is 118 cm³/mol. The fraction of sp³-hybridized carbons (Fsp3) is 0.571. The van der Waals surface area contributed by atoms with Gasteiger partial charge in [0, 0.05) is 38.2 Å². The molecule has 0 spiro atoms. The van der Waals surface area contributed by atoms with Crippen LogP contribution in [0.25, 0.3) is 11.5 Å². The minimum atomic E-state index is -3.07. The zero-order valence-electron chi connectivity index (χ0n) is 18.2. The van der Waals surface area contributed by atoms with Crippen molar-refractivity contribution in [2.45, 2.75) is 45.3 Å². The molecule has 2 aromatic rings. The zero-order valence-corrected chi connectivity index (χ0v) is 19.0. The molecule has 0 radical (unpaired) electrons. The van der Waals surface area contributed by atoms with Crippen molar-refractivity contribution < 1.29 is 12.9 Å². The highest BCUT2D eigenvalue weighted by Gasteiger charge is 2.40. The van der Waals surface area contributed by atoms with Crippen LogP contribution in [0, 0.1) is 0 Å². The molecule has 1 aliphatic rings. The van der Waals surface area contributed by atoms with Crippen LogP contribution in [0.1, 0.15) is 39.1 Å². The summed E-state index contributed by atoms with van der Waals surface area (Å²) in [6.07, 6.45) is 1.53. The molecule has 164 valence electrons. The lowest BCUT2D eigenvalue weighted by molar-refractivity contribution is 0.353. The molecule has 30 heavy (non-hydrogen) atoms. The van der Waals surface area contributed by atoms with E-state index in [9.17, 15) is 8.42 Å². The number of nitrogens with zero attached hydrogens (tertiary/aromatic N) is 4. The molecule has 9 heteroatoms. The monoisotopic (exact) mass is 433 g/mol. The molecule has 0 unspecified atom stereocenters. The second-order valence-electron chi connectivity index (χ2n) is 8.05. The summed E-state index contributed by atoms with van der Waals surface area (Å²) in [6.45, 7) is 9.84. The van der Waals surface area contributed by atoms with Crippen molar-refractivity contribution in [2.75, 3.05) is 31.9 Å². The van der Waals surface area contributed by atoms with Crippen LogP contribution in [-0.4, -0.2) is 66.1 Å². The van der Waals surface area contributed by atoms with Gasteiger partial charge >= 0.3 is 0 Å². The lowest BCUT2D eigenvalue weighted by Gasteiger charge is -2.39. The Morgan fingerprint density at radius 2 is 2.00 bits per heavy atom. The van der Waals surface area contributed by atoms with Gasteiger partial charge in [0.15, 0.2) is 21.6 Å². The third kappa shape index (κ3) is 5.00. The summed E-state index contributed by atoms with van der Waals surface area (Å²) in [5.74, 6) is 2.16. The predicted octanol–water partition coefficient (Wildman–Crippen LogP) is 2.32. The molecule has 0 atom stereocenters. The van der Waals surface area contributed by atoms with Crippen molar-refractivity contribution in [3.63, 3.8) is 0 Å². The number of aliphatic imine (C=N–C) groups is 1. The molecule has 0 aliphatic carbocycles. The molecule has 2 heterocycles. The zero-order chi connectivity index (χ0) is 21.8. The van der Waals surface area contributed by atoms with Crippen molar-refractivity contribution in [3.8, 4) is 11.5 Å². The normalized spacial score (nSPS) is 18.4. The van der Waals surface area contributed by atoms with Gasteiger partial charge in [-0.1, -0.05) is 24.2 Å². The van der Waals surface area contributed by atoms with Crippen LogP contribution in [0.15, 0.2) is 33.8 Å². The molecule has 1 saturated heterocycles. The number of hydrogen-bond acceptors (Lipinski definition) is 6. The first-order chi connectivity index (χ1) is 14.3. The average Bonchev–Trinajstić information content (AvgIpc) is 3.19. The molecule has 1 aliphatic heterocycles. The maximum Gasteiger partial charge on any atom is 0.257 e. The minimum Gasteiger partial charge on any atom is -0.357 e. The second kappa shape index (κ2) is 9.16. The number of hydrogen-bond donors (Lipinski definition) is 1. The summed E-state index contributed by atoms with van der Waals surface area (Å²) < 4.78 is 29.1. The van der Waals surface area contributed by atoms with Crippen LogP contribution in [0.3, 0.4) is 0 Å². The fourth-order valence-corrected chi connectivity index (χ4v) is 4.74. The number of nitrogens with one attached hydrogen (secondary N) is 1. The summed E-state index contributed by atoms with van der Waals surface area (Å²) >= 11 is 0. The van der Waals surface area contributed by atoms with E-state index in [1.54, 1.807) is 13.8 Å². The van der Waals surface area contributed by atoms with Gasteiger partial charge in [-0.2, -0.15) is 4.98 Å². The van der Waals surface area contributed by atoms with Crippen LogP contribution >= 0.6 is 0 Å². The van der Waals surface area contributed by atoms with Crippen molar-refractivity contribution in [1.29, 1.82) is 0 Å². The number of guanidine groups is 1. The van der Waals surface area contributed by atoms with Gasteiger partial charge in [0.1, 0.15) is 0 Å². The van der Waals surface area contributed by atoms with E-state index in [2.05, 4.69) is 20.4 Å². The molecule has 0 saturated carbocycles. The van der Waals surface area contributed by atoms with Crippen LogP contribution in [0.4, 0.5) is 0 Å². The van der Waals surface area contributed by atoms with Crippen molar-refractivity contribution >= 4 is 15.8 Å². The third-order valence-electron chi connectivity index (χ3n) is 5.33. The Morgan fingerprint density at radius 3 is 2.60 bits per heavy atom. The van der Waals surface area contributed by atoms with Gasteiger partial charge in [0.25, 0.3) is 5.89 Å². The molecular weight excluding hydrogens is 402 g/mol. The maximum absolute atomic E-state index is 12.3. The van der Waals surface area contributed by atoms with E-state index in [4.69, 9.17) is 9.52 Å². The first-order valence-electron chi connectivity index (χ1n) is 10.4. The lowest BCUT2D eigenvalue weighted by Crippen LogP contribution is -2.57. The summed E-state index contributed by atoms with van der Waals surface area (Å²) in [4.78, 5) is 11.1. The Bertz CT molecular complexity index is 980. The van der Waals surface area contributed by atoms with Crippen LogP contribution in [0.5, 0.6) is 0 Å². The topological polar surface area (TPSA) is 101 Å². The standard InChI is InChI=1S/C21H31N5O3S/c1-5-18-24-19(29-25-18)17-9-7-16(8-10-17)11-12-23-20(22-6-2)26-13-14-30(27,28)21(3,4)15-26/h7-10H,5-6,11-15H2,1-4H3,(H,22,23). The lowest BCUT2D eigenvalue weighted by atomic mass is 10.1. The first kappa shape index (κ1) is 22.3. The third-order valence-corrected chi connectivity index (χ3v) is 7.86. The van der Waals surface area contributed by atoms with Crippen LogP contribution in [0.2, 0.25) is 0 Å². The van der Waals surface area contributed by atoms with E-state index < -0.39 is 14.6 Å². The second-order valence-corrected chi connectivity index (χ2v) is 10.8. The number of aryl methyl sites for hydroxylation is 1. The highest BCUT2D eigenvalue weighted by Crippen LogP contribution is 2.24. The van der Waals surface area contributed by atoms with Gasteiger partial charge in [-0.05, 0) is 44.9 Å². The highest BCUT2D eigenvalue weighted by atomic mass is 32.2.